The Hall–Kier alpha value is -1.91. The molecule has 1 fully saturated rings. The molecule has 2 aromatic carbocycles. The molecule has 126 valence electrons. The molecule has 0 aromatic heterocycles. The molecule has 1 heterocycles. The molecule has 0 N–H and O–H groups in total. The molecule has 1 aliphatic heterocycles. The lowest BCUT2D eigenvalue weighted by atomic mass is 10.1. The van der Waals surface area contributed by atoms with Crippen molar-refractivity contribution < 1.29 is 9.53 Å². The number of amides is 1. The van der Waals surface area contributed by atoms with Crippen LogP contribution < -0.4 is 9.64 Å². The Balaban J connectivity index is 1.69. The number of anilines is 1. The predicted molar refractivity (Wildman–Crippen MR) is 97.6 cm³/mol. The van der Waals surface area contributed by atoms with Crippen LogP contribution in [0.25, 0.3) is 0 Å². The minimum absolute atomic E-state index is 0.0128. The zero-order chi connectivity index (χ0) is 17.1. The van der Waals surface area contributed by atoms with Gasteiger partial charge in [0.2, 0.25) is 0 Å². The van der Waals surface area contributed by atoms with Crippen molar-refractivity contribution in [3.8, 4) is 5.75 Å². The van der Waals surface area contributed by atoms with Gasteiger partial charge in [0.1, 0.15) is 5.75 Å². The summed E-state index contributed by atoms with van der Waals surface area (Å²) in [5, 5.41) is 1.27. The Morgan fingerprint density at radius 2 is 1.62 bits per heavy atom. The van der Waals surface area contributed by atoms with Gasteiger partial charge in [-0.3, -0.25) is 4.79 Å². The van der Waals surface area contributed by atoms with E-state index in [9.17, 15) is 4.79 Å². The highest BCUT2D eigenvalue weighted by Gasteiger charge is 2.24. The van der Waals surface area contributed by atoms with E-state index in [1.54, 1.807) is 13.2 Å². The quantitative estimate of drug-likeness (QED) is 0.825. The molecule has 1 amide bonds. The van der Waals surface area contributed by atoms with Crippen LogP contribution >= 0.6 is 23.2 Å². The molecular weight excluding hydrogens is 347 g/mol. The maximum atomic E-state index is 12.6. The summed E-state index contributed by atoms with van der Waals surface area (Å²) >= 11 is 12.5. The predicted octanol–water partition coefficient (Wildman–Crippen LogP) is 3.96. The summed E-state index contributed by atoms with van der Waals surface area (Å²) < 4.78 is 5.19. The van der Waals surface area contributed by atoms with Gasteiger partial charge < -0.3 is 14.5 Å². The molecule has 0 saturated carbocycles. The topological polar surface area (TPSA) is 32.8 Å². The molecule has 6 heteroatoms. The third-order valence-corrected chi connectivity index (χ3v) is 4.75. The third kappa shape index (κ3) is 3.45. The fourth-order valence-electron chi connectivity index (χ4n) is 2.86. The summed E-state index contributed by atoms with van der Waals surface area (Å²) in [6, 6.07) is 12.7. The molecule has 0 atom stereocenters. The molecule has 0 aliphatic carbocycles. The van der Waals surface area contributed by atoms with E-state index in [0.29, 0.717) is 47.5 Å². The first-order valence-corrected chi connectivity index (χ1v) is 8.48. The monoisotopic (exact) mass is 364 g/mol. The van der Waals surface area contributed by atoms with Crippen LogP contribution in [0.2, 0.25) is 10.0 Å². The molecule has 1 saturated heterocycles. The summed E-state index contributed by atoms with van der Waals surface area (Å²) in [5.74, 6) is 0.696. The van der Waals surface area contributed by atoms with Gasteiger partial charge in [0.05, 0.1) is 22.8 Å². The van der Waals surface area contributed by atoms with Crippen molar-refractivity contribution in [3.63, 3.8) is 0 Å². The summed E-state index contributed by atoms with van der Waals surface area (Å²) in [6.07, 6.45) is 0. The van der Waals surface area contributed by atoms with E-state index in [1.807, 2.05) is 41.3 Å². The molecule has 1 aliphatic rings. The second-order valence-electron chi connectivity index (χ2n) is 5.58. The van der Waals surface area contributed by atoms with Gasteiger partial charge in [-0.25, -0.2) is 0 Å². The molecule has 0 spiro atoms. The van der Waals surface area contributed by atoms with Gasteiger partial charge in [-0.1, -0.05) is 35.3 Å². The van der Waals surface area contributed by atoms with Crippen molar-refractivity contribution in [2.24, 2.45) is 0 Å². The molecule has 3 rings (SSSR count). The summed E-state index contributed by atoms with van der Waals surface area (Å²) in [6.45, 7) is 2.63. The van der Waals surface area contributed by atoms with E-state index in [2.05, 4.69) is 4.90 Å². The molecule has 2 aromatic rings. The Labute approximate surface area is 151 Å². The second-order valence-corrected chi connectivity index (χ2v) is 6.40. The Morgan fingerprint density at radius 3 is 2.25 bits per heavy atom. The maximum Gasteiger partial charge on any atom is 0.254 e. The third-order valence-electron chi connectivity index (χ3n) is 4.14. The van der Waals surface area contributed by atoms with Crippen molar-refractivity contribution in [3.05, 3.63) is 58.1 Å². The first-order chi connectivity index (χ1) is 11.6. The largest absolute Gasteiger partial charge is 0.497 e. The van der Waals surface area contributed by atoms with Crippen molar-refractivity contribution in [1.29, 1.82) is 0 Å². The van der Waals surface area contributed by atoms with Crippen LogP contribution in [0.3, 0.4) is 0 Å². The van der Waals surface area contributed by atoms with Gasteiger partial charge in [0.25, 0.3) is 5.91 Å². The smallest absolute Gasteiger partial charge is 0.254 e. The number of piperazine rings is 1. The first kappa shape index (κ1) is 16.9. The van der Waals surface area contributed by atoms with Gasteiger partial charge in [0.15, 0.2) is 0 Å². The zero-order valence-corrected chi connectivity index (χ0v) is 14.8. The summed E-state index contributed by atoms with van der Waals surface area (Å²) in [4.78, 5) is 16.6. The highest BCUT2D eigenvalue weighted by molar-refractivity contribution is 6.39. The van der Waals surface area contributed by atoms with E-state index >= 15 is 0 Å². The molecule has 0 radical (unpaired) electrons. The maximum absolute atomic E-state index is 12.6. The van der Waals surface area contributed by atoms with Crippen molar-refractivity contribution >= 4 is 34.8 Å². The molecule has 4 nitrogen and oxygen atoms in total. The second kappa shape index (κ2) is 7.32. The van der Waals surface area contributed by atoms with Crippen LogP contribution in [0.4, 0.5) is 5.69 Å². The number of nitrogens with zero attached hydrogens (tertiary/aromatic N) is 2. The fourth-order valence-corrected chi connectivity index (χ4v) is 3.50. The number of hydrogen-bond acceptors (Lipinski definition) is 3. The van der Waals surface area contributed by atoms with Crippen LogP contribution in [0.5, 0.6) is 5.75 Å². The molecule has 24 heavy (non-hydrogen) atoms. The van der Waals surface area contributed by atoms with Crippen LogP contribution in [-0.2, 0) is 0 Å². The molecular formula is C18H18Cl2N2O2. The number of hydrogen-bond donors (Lipinski definition) is 0. The van der Waals surface area contributed by atoms with Crippen molar-refractivity contribution in [1.82, 2.24) is 4.90 Å². The SMILES string of the molecule is COc1cccc(C(=O)N2CCN(c3c(Cl)cccc3Cl)CC2)c1. The number of carbonyl (C=O) groups excluding carboxylic acids is 1. The standard InChI is InChI=1S/C18H18Cl2N2O2/c1-24-14-5-2-4-13(12-14)18(23)22-10-8-21(9-11-22)17-15(19)6-3-7-16(17)20/h2-7,12H,8-11H2,1H3. The van der Waals surface area contributed by atoms with Crippen LogP contribution in [-0.4, -0.2) is 44.1 Å². The summed E-state index contributed by atoms with van der Waals surface area (Å²) in [7, 11) is 1.59. The fraction of sp³-hybridized carbons (Fsp3) is 0.278. The van der Waals surface area contributed by atoms with Gasteiger partial charge >= 0.3 is 0 Å². The van der Waals surface area contributed by atoms with Crippen molar-refractivity contribution in [2.75, 3.05) is 38.2 Å². The summed E-state index contributed by atoms with van der Waals surface area (Å²) in [5.41, 5.74) is 1.48. The van der Waals surface area contributed by atoms with E-state index in [1.165, 1.54) is 0 Å². The minimum Gasteiger partial charge on any atom is -0.497 e. The van der Waals surface area contributed by atoms with E-state index in [0.717, 1.165) is 5.69 Å². The lowest BCUT2D eigenvalue weighted by Gasteiger charge is -2.37. The Bertz CT molecular complexity index is 723. The average molecular weight is 365 g/mol. The molecule has 0 unspecified atom stereocenters. The van der Waals surface area contributed by atoms with Gasteiger partial charge in [-0.2, -0.15) is 0 Å². The number of halogens is 2. The zero-order valence-electron chi connectivity index (χ0n) is 13.3. The number of benzene rings is 2. The average Bonchev–Trinajstić information content (AvgIpc) is 2.61. The van der Waals surface area contributed by atoms with E-state index in [-0.39, 0.29) is 5.91 Å². The van der Waals surface area contributed by atoms with E-state index < -0.39 is 0 Å². The number of para-hydroxylation sites is 1. The van der Waals surface area contributed by atoms with E-state index in [4.69, 9.17) is 27.9 Å². The Kier molecular flexibility index (Phi) is 5.17. The van der Waals surface area contributed by atoms with Crippen LogP contribution in [0.1, 0.15) is 10.4 Å². The van der Waals surface area contributed by atoms with Gasteiger partial charge in [-0.05, 0) is 30.3 Å². The highest BCUT2D eigenvalue weighted by atomic mass is 35.5. The van der Waals surface area contributed by atoms with Crippen LogP contribution in [0.15, 0.2) is 42.5 Å². The van der Waals surface area contributed by atoms with Gasteiger partial charge in [0, 0.05) is 31.7 Å². The highest BCUT2D eigenvalue weighted by Crippen LogP contribution is 2.34. The van der Waals surface area contributed by atoms with Crippen molar-refractivity contribution in [2.45, 2.75) is 0 Å². The van der Waals surface area contributed by atoms with Crippen LogP contribution in [0, 0.1) is 0 Å². The normalized spacial score (nSPS) is 14.6. The number of methoxy groups -OCH3 is 1. The number of carbonyl (C=O) groups is 1. The first-order valence-electron chi connectivity index (χ1n) is 7.72. The lowest BCUT2D eigenvalue weighted by Crippen LogP contribution is -2.49. The lowest BCUT2D eigenvalue weighted by molar-refractivity contribution is 0.0746. The minimum atomic E-state index is 0.0128. The van der Waals surface area contributed by atoms with Gasteiger partial charge in [-0.15, -0.1) is 0 Å². The molecule has 0 bridgehead atoms. The Morgan fingerprint density at radius 1 is 1.00 bits per heavy atom. The number of rotatable bonds is 3. The number of ether oxygens (including phenoxy) is 1.